The molecule has 3 rings (SSSR count). The molecule has 0 unspecified atom stereocenters. The number of imidazole rings is 1. The van der Waals surface area contributed by atoms with Gasteiger partial charge in [0.1, 0.15) is 5.52 Å². The van der Waals surface area contributed by atoms with E-state index in [4.69, 9.17) is 5.73 Å². The lowest BCUT2D eigenvalue weighted by Gasteiger charge is -2.06. The molecule has 2 heterocycles. The highest BCUT2D eigenvalue weighted by atomic mass is 32.2. The third-order valence-corrected chi connectivity index (χ3v) is 3.74. The summed E-state index contributed by atoms with van der Waals surface area (Å²) in [7, 11) is 0. The minimum absolute atomic E-state index is 0.463. The van der Waals surface area contributed by atoms with E-state index >= 15 is 0 Å². The van der Waals surface area contributed by atoms with E-state index in [0.29, 0.717) is 5.95 Å². The molecule has 2 aromatic heterocycles. The summed E-state index contributed by atoms with van der Waals surface area (Å²) in [6, 6.07) is 12.1. The van der Waals surface area contributed by atoms with Crippen LogP contribution in [0.25, 0.3) is 16.9 Å². The average molecular weight is 270 g/mol. The lowest BCUT2D eigenvalue weighted by molar-refractivity contribution is 1.07. The highest BCUT2D eigenvalue weighted by Crippen LogP contribution is 2.23. The average Bonchev–Trinajstić information content (AvgIpc) is 2.74. The van der Waals surface area contributed by atoms with Crippen molar-refractivity contribution in [2.24, 2.45) is 0 Å². The summed E-state index contributed by atoms with van der Waals surface area (Å²) < 4.78 is 1.88. The second-order valence-electron chi connectivity index (χ2n) is 4.30. The van der Waals surface area contributed by atoms with E-state index in [-0.39, 0.29) is 0 Å². The molecule has 0 aliphatic rings. The van der Waals surface area contributed by atoms with Crippen molar-refractivity contribution < 1.29 is 0 Å². The number of hydrogen-bond acceptors (Lipinski definition) is 4. The van der Waals surface area contributed by atoms with Crippen LogP contribution in [-0.2, 0) is 0 Å². The molecular formula is C14H14N4S. The summed E-state index contributed by atoms with van der Waals surface area (Å²) in [5.74, 6) is 0.463. The van der Waals surface area contributed by atoms with E-state index in [0.717, 1.165) is 22.5 Å². The quantitative estimate of drug-likeness (QED) is 0.727. The number of fused-ring (bicyclic) bond motifs is 1. The standard InChI is InChI=1S/C14H14N4S/c1-9-3-8-12-13(16-9)18(14(15)17-12)10-4-6-11(19-2)7-5-10/h3-8H,1-2H3,(H2,15,17). The van der Waals surface area contributed by atoms with Crippen LogP contribution in [0.2, 0.25) is 0 Å². The normalized spacial score (nSPS) is 11.1. The number of pyridine rings is 1. The van der Waals surface area contributed by atoms with Gasteiger partial charge in [-0.15, -0.1) is 11.8 Å². The number of nitrogens with zero attached hydrogens (tertiary/aromatic N) is 3. The van der Waals surface area contributed by atoms with Crippen molar-refractivity contribution in [1.82, 2.24) is 14.5 Å². The Hall–Kier alpha value is -2.01. The second kappa shape index (κ2) is 4.59. The van der Waals surface area contributed by atoms with E-state index < -0.39 is 0 Å². The topological polar surface area (TPSA) is 56.7 Å². The monoisotopic (exact) mass is 270 g/mol. The zero-order valence-corrected chi connectivity index (χ0v) is 11.6. The number of benzene rings is 1. The Morgan fingerprint density at radius 2 is 1.79 bits per heavy atom. The number of aromatic nitrogens is 3. The maximum Gasteiger partial charge on any atom is 0.207 e. The lowest BCUT2D eigenvalue weighted by Crippen LogP contribution is -2.01. The molecule has 0 bridgehead atoms. The van der Waals surface area contributed by atoms with Gasteiger partial charge in [-0.05, 0) is 49.6 Å². The fourth-order valence-corrected chi connectivity index (χ4v) is 2.46. The summed E-state index contributed by atoms with van der Waals surface area (Å²) in [6.45, 7) is 1.96. The zero-order chi connectivity index (χ0) is 13.4. The van der Waals surface area contributed by atoms with Gasteiger partial charge in [-0.25, -0.2) is 9.97 Å². The Kier molecular flexibility index (Phi) is 2.91. The van der Waals surface area contributed by atoms with E-state index in [1.807, 2.05) is 35.8 Å². The van der Waals surface area contributed by atoms with E-state index in [2.05, 4.69) is 28.4 Å². The molecule has 0 saturated heterocycles. The highest BCUT2D eigenvalue weighted by Gasteiger charge is 2.11. The molecule has 5 heteroatoms. The molecule has 0 aliphatic heterocycles. The van der Waals surface area contributed by atoms with Gasteiger partial charge < -0.3 is 5.73 Å². The molecule has 0 amide bonds. The minimum Gasteiger partial charge on any atom is -0.369 e. The SMILES string of the molecule is CSc1ccc(-n2c(N)nc3ccc(C)nc32)cc1. The van der Waals surface area contributed by atoms with Crippen LogP contribution in [0.3, 0.4) is 0 Å². The molecule has 96 valence electrons. The van der Waals surface area contributed by atoms with Gasteiger partial charge in [0.05, 0.1) is 5.69 Å². The van der Waals surface area contributed by atoms with E-state index in [1.54, 1.807) is 11.8 Å². The molecule has 0 fully saturated rings. The molecule has 0 spiro atoms. The van der Waals surface area contributed by atoms with E-state index in [9.17, 15) is 0 Å². The molecule has 3 aromatic rings. The van der Waals surface area contributed by atoms with Crippen molar-refractivity contribution in [3.8, 4) is 5.69 Å². The molecule has 0 aliphatic carbocycles. The third-order valence-electron chi connectivity index (χ3n) is 3.00. The maximum atomic E-state index is 6.01. The predicted octanol–water partition coefficient (Wildman–Crippen LogP) is 3.03. The number of nitrogens with two attached hydrogens (primary N) is 1. The number of aryl methyl sites for hydroxylation is 1. The van der Waals surface area contributed by atoms with Gasteiger partial charge in [-0.2, -0.15) is 0 Å². The third kappa shape index (κ3) is 2.06. The highest BCUT2D eigenvalue weighted by molar-refractivity contribution is 7.98. The molecule has 4 nitrogen and oxygen atoms in total. The maximum absolute atomic E-state index is 6.01. The largest absolute Gasteiger partial charge is 0.369 e. The van der Waals surface area contributed by atoms with Crippen molar-refractivity contribution in [3.63, 3.8) is 0 Å². The van der Waals surface area contributed by atoms with Crippen molar-refractivity contribution in [3.05, 3.63) is 42.1 Å². The van der Waals surface area contributed by atoms with Crippen LogP contribution in [0, 0.1) is 6.92 Å². The van der Waals surface area contributed by atoms with Gasteiger partial charge in [-0.1, -0.05) is 0 Å². The van der Waals surface area contributed by atoms with Crippen LogP contribution in [0.4, 0.5) is 5.95 Å². The number of rotatable bonds is 2. The Labute approximate surface area is 115 Å². The first kappa shape index (κ1) is 12.0. The van der Waals surface area contributed by atoms with Gasteiger partial charge in [0.15, 0.2) is 5.65 Å². The number of anilines is 1. The van der Waals surface area contributed by atoms with Crippen LogP contribution in [-0.4, -0.2) is 20.8 Å². The summed E-state index contributed by atoms with van der Waals surface area (Å²) >= 11 is 1.71. The summed E-state index contributed by atoms with van der Waals surface area (Å²) in [4.78, 5) is 10.1. The van der Waals surface area contributed by atoms with Gasteiger partial charge in [0, 0.05) is 10.6 Å². The smallest absolute Gasteiger partial charge is 0.207 e. The number of thioether (sulfide) groups is 1. The predicted molar refractivity (Wildman–Crippen MR) is 79.8 cm³/mol. The Morgan fingerprint density at radius 3 is 2.47 bits per heavy atom. The molecular weight excluding hydrogens is 256 g/mol. The van der Waals surface area contributed by atoms with Gasteiger partial charge in [0.2, 0.25) is 5.95 Å². The van der Waals surface area contributed by atoms with Crippen LogP contribution < -0.4 is 5.73 Å². The molecule has 19 heavy (non-hydrogen) atoms. The van der Waals surface area contributed by atoms with Crippen molar-refractivity contribution >= 4 is 28.9 Å². The van der Waals surface area contributed by atoms with Gasteiger partial charge >= 0.3 is 0 Å². The van der Waals surface area contributed by atoms with Crippen LogP contribution in [0.1, 0.15) is 5.69 Å². The number of nitrogen functional groups attached to an aromatic ring is 1. The first-order chi connectivity index (χ1) is 9.19. The zero-order valence-electron chi connectivity index (χ0n) is 10.8. The van der Waals surface area contributed by atoms with Crippen molar-refractivity contribution in [2.45, 2.75) is 11.8 Å². The van der Waals surface area contributed by atoms with Crippen LogP contribution in [0.5, 0.6) is 0 Å². The number of hydrogen-bond donors (Lipinski definition) is 1. The Morgan fingerprint density at radius 1 is 1.05 bits per heavy atom. The second-order valence-corrected chi connectivity index (χ2v) is 5.18. The first-order valence-electron chi connectivity index (χ1n) is 5.95. The summed E-state index contributed by atoms with van der Waals surface area (Å²) in [5, 5.41) is 0. The summed E-state index contributed by atoms with van der Waals surface area (Å²) in [5.41, 5.74) is 9.57. The molecule has 0 radical (unpaired) electrons. The van der Waals surface area contributed by atoms with Crippen molar-refractivity contribution in [1.29, 1.82) is 0 Å². The lowest BCUT2D eigenvalue weighted by atomic mass is 10.3. The summed E-state index contributed by atoms with van der Waals surface area (Å²) in [6.07, 6.45) is 2.06. The van der Waals surface area contributed by atoms with Gasteiger partial charge in [-0.3, -0.25) is 4.57 Å². The van der Waals surface area contributed by atoms with Crippen molar-refractivity contribution in [2.75, 3.05) is 12.0 Å². The van der Waals surface area contributed by atoms with Gasteiger partial charge in [0.25, 0.3) is 0 Å². The van der Waals surface area contributed by atoms with Crippen LogP contribution >= 0.6 is 11.8 Å². The minimum atomic E-state index is 0.463. The molecule has 1 aromatic carbocycles. The molecule has 2 N–H and O–H groups in total. The molecule has 0 saturated carbocycles. The molecule has 0 atom stereocenters. The fraction of sp³-hybridized carbons (Fsp3) is 0.143. The first-order valence-corrected chi connectivity index (χ1v) is 7.17. The Bertz CT molecular complexity index is 731. The fourth-order valence-electron chi connectivity index (χ4n) is 2.06. The van der Waals surface area contributed by atoms with Crippen LogP contribution in [0.15, 0.2) is 41.3 Å². The Balaban J connectivity index is 2.22. The van der Waals surface area contributed by atoms with E-state index in [1.165, 1.54) is 4.90 Å².